The lowest BCUT2D eigenvalue weighted by molar-refractivity contribution is -0.117. The maximum Gasteiger partial charge on any atom is 0.262 e. The standard InChI is InChI=1S/C18H20N2O3S/c1-10-9-15(20-17(21)11-5-6-11)24-16(10)18(22)19-13-3-2-4-14-12(13)7-8-23-14/h7-9,11,13H,2-6H2,1H3,(H,19,22)(H,20,21). The molecule has 2 aromatic heterocycles. The van der Waals surface area contributed by atoms with Gasteiger partial charge in [-0.1, -0.05) is 0 Å². The molecule has 126 valence electrons. The highest BCUT2D eigenvalue weighted by molar-refractivity contribution is 7.18. The van der Waals surface area contributed by atoms with E-state index in [2.05, 4.69) is 10.6 Å². The number of nitrogens with one attached hydrogen (secondary N) is 2. The molecule has 0 radical (unpaired) electrons. The van der Waals surface area contributed by atoms with Gasteiger partial charge in [-0.3, -0.25) is 9.59 Å². The van der Waals surface area contributed by atoms with Crippen LogP contribution in [0, 0.1) is 12.8 Å². The molecule has 2 N–H and O–H groups in total. The number of carbonyl (C=O) groups is 2. The fourth-order valence-electron chi connectivity index (χ4n) is 3.20. The molecule has 2 aliphatic rings. The predicted octanol–water partition coefficient (Wildman–Crippen LogP) is 3.81. The van der Waals surface area contributed by atoms with Crippen molar-refractivity contribution in [3.63, 3.8) is 0 Å². The summed E-state index contributed by atoms with van der Waals surface area (Å²) in [6.45, 7) is 1.91. The minimum atomic E-state index is -0.0801. The number of anilines is 1. The van der Waals surface area contributed by atoms with E-state index in [0.717, 1.165) is 54.0 Å². The maximum absolute atomic E-state index is 12.7. The van der Waals surface area contributed by atoms with Crippen LogP contribution in [0.1, 0.15) is 58.3 Å². The molecule has 1 atom stereocenters. The second-order valence-electron chi connectivity index (χ2n) is 6.60. The third kappa shape index (κ3) is 2.98. The van der Waals surface area contributed by atoms with Crippen molar-refractivity contribution in [2.75, 3.05) is 5.32 Å². The Hall–Kier alpha value is -2.08. The van der Waals surface area contributed by atoms with Crippen LogP contribution in [0.2, 0.25) is 0 Å². The number of hydrogen-bond acceptors (Lipinski definition) is 4. The van der Waals surface area contributed by atoms with E-state index in [-0.39, 0.29) is 23.8 Å². The first kappa shape index (κ1) is 15.4. The van der Waals surface area contributed by atoms with Crippen molar-refractivity contribution in [2.24, 2.45) is 5.92 Å². The highest BCUT2D eigenvalue weighted by Gasteiger charge is 2.30. The number of hydrogen-bond donors (Lipinski definition) is 2. The molecule has 1 unspecified atom stereocenters. The molecule has 0 aromatic carbocycles. The zero-order valence-electron chi connectivity index (χ0n) is 13.6. The Morgan fingerprint density at radius 2 is 2.12 bits per heavy atom. The zero-order valence-corrected chi connectivity index (χ0v) is 14.4. The molecule has 2 amide bonds. The highest BCUT2D eigenvalue weighted by Crippen LogP contribution is 2.34. The molecule has 6 heteroatoms. The minimum absolute atomic E-state index is 0.00556. The topological polar surface area (TPSA) is 71.3 Å². The lowest BCUT2D eigenvalue weighted by Gasteiger charge is -2.22. The van der Waals surface area contributed by atoms with Crippen LogP contribution in [0.25, 0.3) is 0 Å². The Kier molecular flexibility index (Phi) is 3.92. The lowest BCUT2D eigenvalue weighted by Crippen LogP contribution is -2.30. The quantitative estimate of drug-likeness (QED) is 0.886. The molecule has 2 aromatic rings. The fraction of sp³-hybridized carbons (Fsp3) is 0.444. The second-order valence-corrected chi connectivity index (χ2v) is 7.66. The normalized spacial score (nSPS) is 19.6. The van der Waals surface area contributed by atoms with Crippen molar-refractivity contribution >= 4 is 28.2 Å². The summed E-state index contributed by atoms with van der Waals surface area (Å²) < 4.78 is 5.48. The van der Waals surface area contributed by atoms with Crippen molar-refractivity contribution in [2.45, 2.75) is 45.1 Å². The van der Waals surface area contributed by atoms with Gasteiger partial charge in [0.15, 0.2) is 0 Å². The van der Waals surface area contributed by atoms with Gasteiger partial charge in [-0.2, -0.15) is 0 Å². The molecule has 0 aliphatic heterocycles. The van der Waals surface area contributed by atoms with E-state index in [1.807, 2.05) is 19.1 Å². The number of thiophene rings is 1. The van der Waals surface area contributed by atoms with Crippen LogP contribution in [-0.2, 0) is 11.2 Å². The number of fused-ring (bicyclic) bond motifs is 1. The first-order chi connectivity index (χ1) is 11.6. The first-order valence-electron chi connectivity index (χ1n) is 8.40. The summed E-state index contributed by atoms with van der Waals surface area (Å²) in [6.07, 6.45) is 6.50. The SMILES string of the molecule is Cc1cc(NC(=O)C2CC2)sc1C(=O)NC1CCCc2occc21. The van der Waals surface area contributed by atoms with Crippen molar-refractivity contribution in [3.8, 4) is 0 Å². The Bertz CT molecular complexity index is 788. The van der Waals surface area contributed by atoms with E-state index in [4.69, 9.17) is 4.42 Å². The molecule has 0 spiro atoms. The molecule has 2 heterocycles. The molecule has 0 bridgehead atoms. The van der Waals surface area contributed by atoms with Crippen LogP contribution in [0.15, 0.2) is 22.8 Å². The summed E-state index contributed by atoms with van der Waals surface area (Å²) in [6, 6.07) is 3.83. The number of amides is 2. The smallest absolute Gasteiger partial charge is 0.262 e. The number of furan rings is 1. The third-order valence-electron chi connectivity index (χ3n) is 4.68. The van der Waals surface area contributed by atoms with Crippen LogP contribution in [0.5, 0.6) is 0 Å². The van der Waals surface area contributed by atoms with Gasteiger partial charge < -0.3 is 15.1 Å². The first-order valence-corrected chi connectivity index (χ1v) is 9.22. The van der Waals surface area contributed by atoms with Crippen LogP contribution in [0.3, 0.4) is 0 Å². The van der Waals surface area contributed by atoms with Crippen LogP contribution < -0.4 is 10.6 Å². The number of rotatable bonds is 4. The molecule has 2 aliphatic carbocycles. The average molecular weight is 344 g/mol. The van der Waals surface area contributed by atoms with E-state index in [9.17, 15) is 9.59 Å². The Morgan fingerprint density at radius 3 is 2.92 bits per heavy atom. The number of carbonyl (C=O) groups excluding carboxylic acids is 2. The molecule has 1 saturated carbocycles. The molecule has 4 rings (SSSR count). The zero-order chi connectivity index (χ0) is 16.7. The van der Waals surface area contributed by atoms with Crippen molar-refractivity contribution in [1.29, 1.82) is 0 Å². The number of aryl methyl sites for hydroxylation is 2. The second kappa shape index (κ2) is 6.09. The summed E-state index contributed by atoms with van der Waals surface area (Å²) >= 11 is 1.35. The summed E-state index contributed by atoms with van der Waals surface area (Å²) in [4.78, 5) is 25.2. The highest BCUT2D eigenvalue weighted by atomic mass is 32.1. The summed E-state index contributed by atoms with van der Waals surface area (Å²) in [5, 5.41) is 6.79. The van der Waals surface area contributed by atoms with Gasteiger partial charge in [0.05, 0.1) is 22.2 Å². The molecule has 5 nitrogen and oxygen atoms in total. The maximum atomic E-state index is 12.7. The van der Waals surface area contributed by atoms with Gasteiger partial charge in [0, 0.05) is 17.9 Å². The van der Waals surface area contributed by atoms with E-state index in [1.165, 1.54) is 11.3 Å². The van der Waals surface area contributed by atoms with Crippen molar-refractivity contribution < 1.29 is 14.0 Å². The minimum Gasteiger partial charge on any atom is -0.469 e. The van der Waals surface area contributed by atoms with Crippen LogP contribution in [-0.4, -0.2) is 11.8 Å². The van der Waals surface area contributed by atoms with Gasteiger partial charge in [-0.05, 0) is 50.3 Å². The van der Waals surface area contributed by atoms with Gasteiger partial charge in [0.2, 0.25) is 5.91 Å². The predicted molar refractivity (Wildman–Crippen MR) is 92.3 cm³/mol. The van der Waals surface area contributed by atoms with Gasteiger partial charge in [-0.25, -0.2) is 0 Å². The molecule has 1 fully saturated rings. The monoisotopic (exact) mass is 344 g/mol. The summed E-state index contributed by atoms with van der Waals surface area (Å²) in [5.74, 6) is 1.13. The molecule has 24 heavy (non-hydrogen) atoms. The Morgan fingerprint density at radius 1 is 1.29 bits per heavy atom. The van der Waals surface area contributed by atoms with E-state index >= 15 is 0 Å². The summed E-state index contributed by atoms with van der Waals surface area (Å²) in [5.41, 5.74) is 1.98. The van der Waals surface area contributed by atoms with Crippen LogP contribution >= 0.6 is 11.3 Å². The van der Waals surface area contributed by atoms with Gasteiger partial charge in [0.1, 0.15) is 5.76 Å². The average Bonchev–Trinajstić information content (AvgIpc) is 3.18. The molecular weight excluding hydrogens is 324 g/mol. The van der Waals surface area contributed by atoms with Gasteiger partial charge in [-0.15, -0.1) is 11.3 Å². The third-order valence-corrected chi connectivity index (χ3v) is 5.83. The largest absolute Gasteiger partial charge is 0.469 e. The lowest BCUT2D eigenvalue weighted by atomic mass is 9.93. The fourth-order valence-corrected chi connectivity index (χ4v) is 4.18. The molecular formula is C18H20N2O3S. The summed E-state index contributed by atoms with van der Waals surface area (Å²) in [7, 11) is 0. The Balaban J connectivity index is 1.47. The van der Waals surface area contributed by atoms with Crippen molar-refractivity contribution in [1.82, 2.24) is 5.32 Å². The Labute approximate surface area is 144 Å². The van der Waals surface area contributed by atoms with Gasteiger partial charge >= 0.3 is 0 Å². The van der Waals surface area contributed by atoms with Gasteiger partial charge in [0.25, 0.3) is 5.91 Å². The molecule has 0 saturated heterocycles. The van der Waals surface area contributed by atoms with E-state index < -0.39 is 0 Å². The van der Waals surface area contributed by atoms with E-state index in [0.29, 0.717) is 4.88 Å². The van der Waals surface area contributed by atoms with Crippen molar-refractivity contribution in [3.05, 3.63) is 40.2 Å². The van der Waals surface area contributed by atoms with E-state index in [1.54, 1.807) is 6.26 Å². The van der Waals surface area contributed by atoms with Crippen LogP contribution in [0.4, 0.5) is 5.00 Å².